The molecule has 0 unspecified atom stereocenters. The number of hydrogen-bond donors (Lipinski definition) is 1. The summed E-state index contributed by atoms with van der Waals surface area (Å²) in [5.41, 5.74) is -0.638. The second-order valence-corrected chi connectivity index (χ2v) is 5.50. The molecule has 1 heterocycles. The lowest BCUT2D eigenvalue weighted by atomic mass is 10.2. The van der Waals surface area contributed by atoms with Crippen LogP contribution in [0, 0.1) is 11.7 Å². The molecule has 2 rings (SSSR count). The van der Waals surface area contributed by atoms with E-state index in [1.807, 2.05) is 13.8 Å². The number of H-pyrrole nitrogens is 1. The standard InChI is InChI=1S/C17H19FN2O4/c1-11(2)8-14-16(21)20(24-10-23-3)17(22)15(19-14)9-12-4-6-13(18)7-5-12/h4-9,11,19H,10H2,1-3H3/b14-8+,15-9-. The van der Waals surface area contributed by atoms with Gasteiger partial charge in [0.25, 0.3) is 0 Å². The third-order valence-corrected chi connectivity index (χ3v) is 3.08. The van der Waals surface area contributed by atoms with E-state index >= 15 is 0 Å². The molecular weight excluding hydrogens is 315 g/mol. The van der Waals surface area contributed by atoms with Crippen LogP contribution >= 0.6 is 0 Å². The maximum absolute atomic E-state index is 13.0. The van der Waals surface area contributed by atoms with E-state index in [1.165, 1.54) is 37.5 Å². The van der Waals surface area contributed by atoms with Crippen LogP contribution in [-0.2, 0) is 4.74 Å². The van der Waals surface area contributed by atoms with Crippen molar-refractivity contribution in [1.29, 1.82) is 0 Å². The molecule has 0 saturated carbocycles. The Hall–Kier alpha value is -2.67. The molecule has 0 bridgehead atoms. The number of aromatic nitrogens is 2. The Morgan fingerprint density at radius 3 is 2.38 bits per heavy atom. The Labute approximate surface area is 137 Å². The molecule has 1 aromatic carbocycles. The van der Waals surface area contributed by atoms with Crippen LogP contribution in [0.2, 0.25) is 0 Å². The molecule has 6 nitrogen and oxygen atoms in total. The Morgan fingerprint density at radius 1 is 1.17 bits per heavy atom. The maximum Gasteiger partial charge on any atom is 0.310 e. The predicted octanol–water partition coefficient (Wildman–Crippen LogP) is -0.0265. The summed E-state index contributed by atoms with van der Waals surface area (Å²) in [6.45, 7) is 3.57. The van der Waals surface area contributed by atoms with Crippen LogP contribution in [0.3, 0.4) is 0 Å². The number of benzene rings is 1. The molecule has 0 amide bonds. The highest BCUT2D eigenvalue weighted by atomic mass is 19.1. The average Bonchev–Trinajstić information content (AvgIpc) is 2.53. The number of aromatic amines is 1. The van der Waals surface area contributed by atoms with Crippen molar-refractivity contribution in [2.45, 2.75) is 13.8 Å². The SMILES string of the molecule is COCOn1c(=O)/c(=C/c2ccc(F)cc2)[nH]/c(=C/C(C)C)c1=O. The molecule has 0 aliphatic heterocycles. The summed E-state index contributed by atoms with van der Waals surface area (Å²) in [5.74, 6) is -0.290. The van der Waals surface area contributed by atoms with Gasteiger partial charge in [-0.2, -0.15) is 0 Å². The fourth-order valence-electron chi connectivity index (χ4n) is 2.06. The second-order valence-electron chi connectivity index (χ2n) is 5.50. The number of methoxy groups -OCH3 is 1. The molecule has 7 heteroatoms. The van der Waals surface area contributed by atoms with Gasteiger partial charge >= 0.3 is 11.1 Å². The second kappa shape index (κ2) is 7.74. The third kappa shape index (κ3) is 4.20. The lowest BCUT2D eigenvalue weighted by Crippen LogP contribution is -2.55. The molecule has 0 fully saturated rings. The first-order valence-corrected chi connectivity index (χ1v) is 7.39. The van der Waals surface area contributed by atoms with Gasteiger partial charge in [0.05, 0.1) is 0 Å². The van der Waals surface area contributed by atoms with Gasteiger partial charge < -0.3 is 14.6 Å². The summed E-state index contributed by atoms with van der Waals surface area (Å²) >= 11 is 0. The van der Waals surface area contributed by atoms with E-state index in [4.69, 9.17) is 9.57 Å². The van der Waals surface area contributed by atoms with Gasteiger partial charge in [0.1, 0.15) is 16.5 Å². The molecule has 128 valence electrons. The number of rotatable bonds is 5. The summed E-state index contributed by atoms with van der Waals surface area (Å²) in [4.78, 5) is 32.7. The largest absolute Gasteiger partial charge is 0.378 e. The molecule has 2 aromatic rings. The van der Waals surface area contributed by atoms with Crippen molar-refractivity contribution in [1.82, 2.24) is 9.71 Å². The highest BCUT2D eigenvalue weighted by Crippen LogP contribution is 2.02. The van der Waals surface area contributed by atoms with Crippen LogP contribution in [0.1, 0.15) is 19.4 Å². The van der Waals surface area contributed by atoms with Gasteiger partial charge in [-0.05, 0) is 29.7 Å². The van der Waals surface area contributed by atoms with Gasteiger partial charge in [-0.25, -0.2) is 4.39 Å². The molecule has 24 heavy (non-hydrogen) atoms. The molecule has 1 aromatic heterocycles. The van der Waals surface area contributed by atoms with Gasteiger partial charge in [-0.3, -0.25) is 9.59 Å². The molecule has 1 N–H and O–H groups in total. The Morgan fingerprint density at radius 2 is 1.79 bits per heavy atom. The fourth-order valence-corrected chi connectivity index (χ4v) is 2.06. The van der Waals surface area contributed by atoms with Gasteiger partial charge in [0.15, 0.2) is 0 Å². The van der Waals surface area contributed by atoms with Gasteiger partial charge in [-0.15, -0.1) is 0 Å². The molecule has 0 atom stereocenters. The predicted molar refractivity (Wildman–Crippen MR) is 88.3 cm³/mol. The van der Waals surface area contributed by atoms with E-state index in [-0.39, 0.29) is 29.2 Å². The van der Waals surface area contributed by atoms with Crippen molar-refractivity contribution < 1.29 is 14.0 Å². The van der Waals surface area contributed by atoms with Crippen LogP contribution in [0.4, 0.5) is 4.39 Å². The van der Waals surface area contributed by atoms with Crippen LogP contribution < -0.4 is 26.7 Å². The number of hydrogen-bond acceptors (Lipinski definition) is 4. The molecule has 0 aliphatic rings. The highest BCUT2D eigenvalue weighted by Gasteiger charge is 2.07. The lowest BCUT2D eigenvalue weighted by molar-refractivity contribution is -0.0462. The van der Waals surface area contributed by atoms with Crippen LogP contribution in [0.25, 0.3) is 12.2 Å². The first-order valence-electron chi connectivity index (χ1n) is 7.39. The minimum atomic E-state index is -0.651. The first-order chi connectivity index (χ1) is 11.4. The summed E-state index contributed by atoms with van der Waals surface area (Å²) in [6, 6.07) is 5.63. The van der Waals surface area contributed by atoms with E-state index in [1.54, 1.807) is 6.08 Å². The monoisotopic (exact) mass is 334 g/mol. The summed E-state index contributed by atoms with van der Waals surface area (Å²) in [7, 11) is 1.39. The van der Waals surface area contributed by atoms with Crippen molar-refractivity contribution >= 4 is 12.2 Å². The normalized spacial score (nSPS) is 12.9. The zero-order chi connectivity index (χ0) is 17.7. The zero-order valence-corrected chi connectivity index (χ0v) is 13.7. The number of nitrogens with one attached hydrogen (secondary N) is 1. The van der Waals surface area contributed by atoms with Gasteiger partial charge in [0.2, 0.25) is 6.79 Å². The Balaban J connectivity index is 2.73. The number of ether oxygens (including phenoxy) is 1. The lowest BCUT2D eigenvalue weighted by Gasteiger charge is -2.06. The minimum absolute atomic E-state index is 0.0843. The van der Waals surface area contributed by atoms with E-state index < -0.39 is 11.1 Å². The van der Waals surface area contributed by atoms with Gasteiger partial charge in [0, 0.05) is 7.11 Å². The molecular formula is C17H19FN2O4. The quantitative estimate of drug-likeness (QED) is 0.780. The van der Waals surface area contributed by atoms with Crippen molar-refractivity contribution in [2.75, 3.05) is 13.9 Å². The van der Waals surface area contributed by atoms with E-state index in [0.29, 0.717) is 10.3 Å². The maximum atomic E-state index is 13.0. The van der Waals surface area contributed by atoms with Crippen LogP contribution in [0.15, 0.2) is 33.9 Å². The van der Waals surface area contributed by atoms with E-state index in [0.717, 1.165) is 0 Å². The molecule has 0 spiro atoms. The van der Waals surface area contributed by atoms with Crippen molar-refractivity contribution in [3.05, 3.63) is 67.1 Å². The van der Waals surface area contributed by atoms with Crippen molar-refractivity contribution in [3.8, 4) is 0 Å². The highest BCUT2D eigenvalue weighted by molar-refractivity contribution is 5.47. The summed E-state index contributed by atoms with van der Waals surface area (Å²) in [6.07, 6.45) is 3.21. The summed E-state index contributed by atoms with van der Waals surface area (Å²) in [5, 5.41) is 0.373. The Bertz CT molecular complexity index is 927. The molecule has 0 radical (unpaired) electrons. The van der Waals surface area contributed by atoms with Crippen LogP contribution in [-0.4, -0.2) is 23.6 Å². The fraction of sp³-hybridized carbons (Fsp3) is 0.294. The topological polar surface area (TPSA) is 73.3 Å². The molecule has 0 saturated heterocycles. The Kier molecular flexibility index (Phi) is 5.70. The van der Waals surface area contributed by atoms with Crippen molar-refractivity contribution in [2.24, 2.45) is 5.92 Å². The number of nitrogens with zero attached hydrogens (tertiary/aromatic N) is 1. The zero-order valence-electron chi connectivity index (χ0n) is 13.7. The van der Waals surface area contributed by atoms with Crippen LogP contribution in [0.5, 0.6) is 0 Å². The minimum Gasteiger partial charge on any atom is -0.378 e. The smallest absolute Gasteiger partial charge is 0.310 e. The summed E-state index contributed by atoms with van der Waals surface area (Å²) < 4.78 is 18.4. The van der Waals surface area contributed by atoms with Gasteiger partial charge in [-0.1, -0.05) is 36.8 Å². The average molecular weight is 334 g/mol. The van der Waals surface area contributed by atoms with Crippen molar-refractivity contribution in [3.63, 3.8) is 0 Å². The molecule has 0 aliphatic carbocycles. The van der Waals surface area contributed by atoms with E-state index in [9.17, 15) is 14.0 Å². The van der Waals surface area contributed by atoms with E-state index in [2.05, 4.69) is 4.98 Å². The number of halogens is 1. The first kappa shape index (κ1) is 17.7. The third-order valence-electron chi connectivity index (χ3n) is 3.08.